The zero-order chi connectivity index (χ0) is 14.4. The Labute approximate surface area is 124 Å². The van der Waals surface area contributed by atoms with Gasteiger partial charge in [-0.15, -0.1) is 0 Å². The van der Waals surface area contributed by atoms with Crippen molar-refractivity contribution in [3.63, 3.8) is 0 Å². The summed E-state index contributed by atoms with van der Waals surface area (Å²) in [6.07, 6.45) is 1.35. The van der Waals surface area contributed by atoms with Crippen molar-refractivity contribution in [1.29, 1.82) is 0 Å². The summed E-state index contributed by atoms with van der Waals surface area (Å²) in [5.74, 6) is 0.261. The molecule has 0 radical (unpaired) electrons. The Morgan fingerprint density at radius 2 is 2.05 bits per heavy atom. The van der Waals surface area contributed by atoms with E-state index in [1.54, 1.807) is 25.1 Å². The van der Waals surface area contributed by atoms with Gasteiger partial charge in [0.05, 0.1) is 5.02 Å². The number of rotatable bonds is 6. The Bertz CT molecular complexity index is 437. The molecule has 0 aliphatic carbocycles. The largest absolute Gasteiger partial charge is 0.479 e. The third-order valence-electron chi connectivity index (χ3n) is 2.68. The molecule has 1 N–H and O–H groups in total. The molecule has 0 heterocycles. The molecule has 1 rings (SSSR count). The fourth-order valence-electron chi connectivity index (χ4n) is 1.68. The van der Waals surface area contributed by atoms with Gasteiger partial charge in [-0.1, -0.05) is 36.5 Å². The van der Waals surface area contributed by atoms with E-state index in [1.807, 2.05) is 6.92 Å². The van der Waals surface area contributed by atoms with Crippen LogP contribution in [0.15, 0.2) is 18.2 Å². The van der Waals surface area contributed by atoms with E-state index >= 15 is 0 Å². The maximum Gasteiger partial charge on any atom is 0.260 e. The van der Waals surface area contributed by atoms with E-state index < -0.39 is 6.10 Å². The molecule has 0 aromatic heterocycles. The topological polar surface area (TPSA) is 38.3 Å². The highest BCUT2D eigenvalue weighted by molar-refractivity contribution is 6.34. The van der Waals surface area contributed by atoms with Crippen LogP contribution in [-0.2, 0) is 4.79 Å². The van der Waals surface area contributed by atoms with Crippen LogP contribution in [0.1, 0.15) is 33.6 Å². The third kappa shape index (κ3) is 5.29. The van der Waals surface area contributed by atoms with Gasteiger partial charge in [0, 0.05) is 17.1 Å². The fraction of sp³-hybridized carbons (Fsp3) is 0.500. The number of hydrogen-bond acceptors (Lipinski definition) is 2. The van der Waals surface area contributed by atoms with Gasteiger partial charge in [-0.05, 0) is 32.4 Å². The summed E-state index contributed by atoms with van der Waals surface area (Å²) in [5, 5.41) is 3.85. The standard InChI is InChI=1S/C14H19Cl2NO2/c1-4-5-9(2)17-14(18)10(3)19-13-8-11(15)6-7-12(13)16/h6-10H,4-5H2,1-3H3,(H,17,18)/t9-,10-/m0/s1. The Balaban J connectivity index is 2.61. The van der Waals surface area contributed by atoms with Crippen LogP contribution < -0.4 is 10.1 Å². The Morgan fingerprint density at radius 3 is 2.68 bits per heavy atom. The summed E-state index contributed by atoms with van der Waals surface area (Å²) in [5.41, 5.74) is 0. The highest BCUT2D eigenvalue weighted by Gasteiger charge is 2.17. The molecular weight excluding hydrogens is 285 g/mol. The van der Waals surface area contributed by atoms with Gasteiger partial charge in [0.2, 0.25) is 0 Å². The lowest BCUT2D eigenvalue weighted by atomic mass is 10.2. The van der Waals surface area contributed by atoms with Gasteiger partial charge < -0.3 is 10.1 Å². The van der Waals surface area contributed by atoms with Gasteiger partial charge >= 0.3 is 0 Å². The number of carbonyl (C=O) groups is 1. The van der Waals surface area contributed by atoms with Gasteiger partial charge in [-0.2, -0.15) is 0 Å². The van der Waals surface area contributed by atoms with Crippen molar-refractivity contribution in [3.05, 3.63) is 28.2 Å². The lowest BCUT2D eigenvalue weighted by Gasteiger charge is -2.19. The molecule has 19 heavy (non-hydrogen) atoms. The van der Waals surface area contributed by atoms with Crippen LogP contribution in [0.4, 0.5) is 0 Å². The third-order valence-corrected chi connectivity index (χ3v) is 3.22. The van der Waals surface area contributed by atoms with Gasteiger partial charge in [0.1, 0.15) is 5.75 Å². The van der Waals surface area contributed by atoms with Crippen molar-refractivity contribution in [2.45, 2.75) is 45.8 Å². The van der Waals surface area contributed by atoms with Crippen molar-refractivity contribution in [3.8, 4) is 5.75 Å². The van der Waals surface area contributed by atoms with E-state index in [1.165, 1.54) is 0 Å². The molecule has 5 heteroatoms. The molecule has 0 bridgehead atoms. The first-order valence-electron chi connectivity index (χ1n) is 6.36. The van der Waals surface area contributed by atoms with Crippen molar-refractivity contribution in [1.82, 2.24) is 5.32 Å². The number of amides is 1. The highest BCUT2D eigenvalue weighted by atomic mass is 35.5. The Morgan fingerprint density at radius 1 is 1.37 bits per heavy atom. The second kappa shape index (κ2) is 7.61. The molecule has 0 saturated heterocycles. The number of benzene rings is 1. The number of hydrogen-bond donors (Lipinski definition) is 1. The normalized spacial score (nSPS) is 13.7. The first kappa shape index (κ1) is 16.1. The van der Waals surface area contributed by atoms with E-state index in [0.717, 1.165) is 12.8 Å². The van der Waals surface area contributed by atoms with Gasteiger partial charge in [-0.3, -0.25) is 4.79 Å². The summed E-state index contributed by atoms with van der Waals surface area (Å²) in [6, 6.07) is 5.05. The van der Waals surface area contributed by atoms with Gasteiger partial charge in [0.25, 0.3) is 5.91 Å². The first-order valence-corrected chi connectivity index (χ1v) is 7.11. The molecule has 0 fully saturated rings. The average molecular weight is 304 g/mol. The second-order valence-electron chi connectivity index (χ2n) is 4.53. The molecule has 0 aliphatic rings. The van der Waals surface area contributed by atoms with Crippen LogP contribution in [-0.4, -0.2) is 18.1 Å². The minimum absolute atomic E-state index is 0.137. The van der Waals surface area contributed by atoms with Crippen LogP contribution in [0.3, 0.4) is 0 Å². The SMILES string of the molecule is CCC[C@H](C)NC(=O)[C@H](C)Oc1cc(Cl)ccc1Cl. The van der Waals surface area contributed by atoms with E-state index in [9.17, 15) is 4.79 Å². The summed E-state index contributed by atoms with van der Waals surface area (Å²) < 4.78 is 5.54. The minimum atomic E-state index is -0.615. The predicted molar refractivity (Wildman–Crippen MR) is 79.1 cm³/mol. The Kier molecular flexibility index (Phi) is 6.46. The van der Waals surface area contributed by atoms with Crippen molar-refractivity contribution < 1.29 is 9.53 Å². The highest BCUT2D eigenvalue weighted by Crippen LogP contribution is 2.28. The van der Waals surface area contributed by atoms with Crippen LogP contribution >= 0.6 is 23.2 Å². The van der Waals surface area contributed by atoms with Crippen LogP contribution in [0.2, 0.25) is 10.0 Å². The predicted octanol–water partition coefficient (Wildman–Crippen LogP) is 4.07. The molecule has 1 aromatic carbocycles. The van der Waals surface area contributed by atoms with E-state index in [-0.39, 0.29) is 11.9 Å². The molecule has 0 spiro atoms. The zero-order valence-corrected chi connectivity index (χ0v) is 12.9. The molecule has 0 saturated carbocycles. The summed E-state index contributed by atoms with van der Waals surface area (Å²) in [4.78, 5) is 11.9. The Hall–Kier alpha value is -0.930. The quantitative estimate of drug-likeness (QED) is 0.860. The number of carbonyl (C=O) groups excluding carboxylic acids is 1. The van der Waals surface area contributed by atoms with Crippen molar-refractivity contribution in [2.24, 2.45) is 0 Å². The second-order valence-corrected chi connectivity index (χ2v) is 5.38. The van der Waals surface area contributed by atoms with Crippen molar-refractivity contribution in [2.75, 3.05) is 0 Å². The summed E-state index contributed by atoms with van der Waals surface area (Å²) in [7, 11) is 0. The number of ether oxygens (including phenoxy) is 1. The summed E-state index contributed by atoms with van der Waals surface area (Å²) >= 11 is 11.9. The maximum atomic E-state index is 11.9. The lowest BCUT2D eigenvalue weighted by molar-refractivity contribution is -0.127. The molecule has 0 aliphatic heterocycles. The van der Waals surface area contributed by atoms with Crippen molar-refractivity contribution >= 4 is 29.1 Å². The van der Waals surface area contributed by atoms with Gasteiger partial charge in [0.15, 0.2) is 6.10 Å². The monoisotopic (exact) mass is 303 g/mol. The number of nitrogens with one attached hydrogen (secondary N) is 1. The van der Waals surface area contributed by atoms with Gasteiger partial charge in [-0.25, -0.2) is 0 Å². The van der Waals surface area contributed by atoms with E-state index in [0.29, 0.717) is 15.8 Å². The smallest absolute Gasteiger partial charge is 0.260 e. The minimum Gasteiger partial charge on any atom is -0.479 e. The van der Waals surface area contributed by atoms with Crippen LogP contribution in [0, 0.1) is 0 Å². The molecule has 106 valence electrons. The molecule has 2 atom stereocenters. The fourth-order valence-corrected chi connectivity index (χ4v) is 2.00. The molecule has 0 unspecified atom stereocenters. The maximum absolute atomic E-state index is 11.9. The van der Waals surface area contributed by atoms with E-state index in [4.69, 9.17) is 27.9 Å². The molecule has 3 nitrogen and oxygen atoms in total. The zero-order valence-electron chi connectivity index (χ0n) is 11.4. The van der Waals surface area contributed by atoms with E-state index in [2.05, 4.69) is 12.2 Å². The average Bonchev–Trinajstić information content (AvgIpc) is 2.34. The molecule has 1 amide bonds. The first-order chi connectivity index (χ1) is 8.93. The summed E-state index contributed by atoms with van der Waals surface area (Å²) in [6.45, 7) is 5.74. The molecule has 1 aromatic rings. The lowest BCUT2D eigenvalue weighted by Crippen LogP contribution is -2.41. The van der Waals surface area contributed by atoms with Crippen LogP contribution in [0.5, 0.6) is 5.75 Å². The molecular formula is C14H19Cl2NO2. The van der Waals surface area contributed by atoms with Crippen LogP contribution in [0.25, 0.3) is 0 Å². The number of halogens is 2.